The fourth-order valence-corrected chi connectivity index (χ4v) is 7.04. The predicted molar refractivity (Wildman–Crippen MR) is 254 cm³/mol. The van der Waals surface area contributed by atoms with Crippen LogP contribution in [0.4, 0.5) is 30.4 Å². The zero-order chi connectivity index (χ0) is 49.0. The summed E-state index contributed by atoms with van der Waals surface area (Å²) in [6, 6.07) is 20.5. The van der Waals surface area contributed by atoms with Crippen molar-refractivity contribution in [1.29, 1.82) is 0 Å². The normalized spacial score (nSPS) is 13.2. The molecule has 2 aliphatic rings. The van der Waals surface area contributed by atoms with Crippen LogP contribution >= 0.6 is 0 Å². The van der Waals surface area contributed by atoms with Crippen molar-refractivity contribution in [3.63, 3.8) is 0 Å². The minimum atomic E-state index is -1.00. The number of amides is 2. The van der Waals surface area contributed by atoms with Gasteiger partial charge in [-0.1, -0.05) is 19.6 Å². The molecule has 6 aromatic heterocycles. The van der Waals surface area contributed by atoms with Gasteiger partial charge >= 0.3 is 5.97 Å². The molecule has 0 saturated carbocycles. The van der Waals surface area contributed by atoms with E-state index in [9.17, 15) is 32.3 Å². The van der Waals surface area contributed by atoms with Crippen LogP contribution < -0.4 is 15.5 Å². The van der Waals surface area contributed by atoms with E-state index in [2.05, 4.69) is 39.7 Å². The van der Waals surface area contributed by atoms with Crippen molar-refractivity contribution >= 4 is 40.8 Å². The molecule has 0 radical (unpaired) electrons. The average Bonchev–Trinajstić information content (AvgIpc) is 3.33. The van der Waals surface area contributed by atoms with Gasteiger partial charge in [-0.3, -0.25) is 38.5 Å². The number of anilines is 3. The number of halogens is 3. The maximum atomic E-state index is 13.3. The first-order valence-electron chi connectivity index (χ1n) is 21.8. The molecule has 0 aliphatic carbocycles. The van der Waals surface area contributed by atoms with Crippen molar-refractivity contribution in [2.24, 2.45) is 0 Å². The summed E-state index contributed by atoms with van der Waals surface area (Å²) in [6.07, 6.45) is 9.87. The minimum Gasteiger partial charge on any atom is -0.481 e. The summed E-state index contributed by atoms with van der Waals surface area (Å²) < 4.78 is 41.7. The first-order chi connectivity index (χ1) is 32.7. The number of carboxylic acids is 1. The number of alkyl halides is 1. The zero-order valence-electron chi connectivity index (χ0n) is 38.1. The van der Waals surface area contributed by atoms with Gasteiger partial charge in [-0.15, -0.1) is 0 Å². The van der Waals surface area contributed by atoms with E-state index in [0.29, 0.717) is 47.0 Å². The van der Waals surface area contributed by atoms with Gasteiger partial charge < -0.3 is 30.4 Å². The summed E-state index contributed by atoms with van der Waals surface area (Å²) in [5, 5.41) is 8.60. The van der Waals surface area contributed by atoms with E-state index in [-0.39, 0.29) is 44.3 Å². The largest absolute Gasteiger partial charge is 0.481 e. The topological polar surface area (TPSA) is 205 Å². The number of nitrogens with two attached hydrogens (primary N) is 1. The Balaban J connectivity index is 0.000000237. The molecule has 2 fully saturated rings. The number of nitrogen functional groups attached to an aromatic ring is 1. The number of rotatable bonds is 10. The van der Waals surface area contributed by atoms with Crippen LogP contribution in [0.1, 0.15) is 39.5 Å². The lowest BCUT2D eigenvalue weighted by molar-refractivity contribution is -0.136. The van der Waals surface area contributed by atoms with E-state index in [1.807, 2.05) is 34.1 Å². The highest BCUT2D eigenvalue weighted by molar-refractivity contribution is 5.83. The zero-order valence-corrected chi connectivity index (χ0v) is 37.1. The Hall–Kier alpha value is -7.83. The molecule has 8 heterocycles. The summed E-state index contributed by atoms with van der Waals surface area (Å²) in [7, 11) is -1.00. The predicted octanol–water partition coefficient (Wildman–Crippen LogP) is 6.16. The lowest BCUT2D eigenvalue weighted by Crippen LogP contribution is -2.48. The number of carboxylic acid groups (broad SMARTS) is 1. The average molecular weight is 937 g/mol. The molecule has 0 atom stereocenters. The Morgan fingerprint density at radius 1 is 0.603 bits per heavy atom. The van der Waals surface area contributed by atoms with Crippen LogP contribution in [0.5, 0.6) is 0 Å². The highest BCUT2D eigenvalue weighted by Gasteiger charge is 2.20. The van der Waals surface area contributed by atoms with E-state index in [0.717, 1.165) is 61.9 Å². The first-order valence-corrected chi connectivity index (χ1v) is 21.1. The van der Waals surface area contributed by atoms with Gasteiger partial charge in [0.1, 0.15) is 11.6 Å². The number of carbonyl (C=O) groups is 4. The molecular formula is C49H56F3N11O5. The van der Waals surface area contributed by atoms with Gasteiger partial charge in [-0.25, -0.2) is 15.0 Å². The number of Topliss-reactive ketones (excluding diaryl/α,β-unsaturated/α-hetero) is 1. The number of hydrogen-bond acceptors (Lipinski definition) is 13. The Bertz CT molecular complexity index is 2560. The van der Waals surface area contributed by atoms with E-state index in [4.69, 9.17) is 12.2 Å². The molecule has 3 N–H and O–H groups in total. The minimum absolute atomic E-state index is 0. The fourth-order valence-electron chi connectivity index (χ4n) is 7.04. The van der Waals surface area contributed by atoms with Crippen LogP contribution in [0.2, 0.25) is 0 Å². The maximum Gasteiger partial charge on any atom is 0.307 e. The Morgan fingerprint density at radius 2 is 1.06 bits per heavy atom. The van der Waals surface area contributed by atoms with Crippen LogP contribution in [0.15, 0.2) is 110 Å². The van der Waals surface area contributed by atoms with Crippen molar-refractivity contribution < 1.29 is 38.8 Å². The highest BCUT2D eigenvalue weighted by Crippen LogP contribution is 2.20. The van der Waals surface area contributed by atoms with Crippen LogP contribution in [0.3, 0.4) is 0 Å². The van der Waals surface area contributed by atoms with Crippen molar-refractivity contribution in [3.05, 3.63) is 139 Å². The summed E-state index contributed by atoms with van der Waals surface area (Å²) in [5.74, 6) is -1.20. The second-order valence-electron chi connectivity index (χ2n) is 15.2. The summed E-state index contributed by atoms with van der Waals surface area (Å²) in [6.45, 7) is 9.42. The van der Waals surface area contributed by atoms with Crippen LogP contribution in [-0.2, 0) is 38.4 Å². The molecule has 0 aromatic carbocycles. The Labute approximate surface area is 395 Å². The number of nitrogens with zero attached hydrogens (tertiary/aromatic N) is 10. The van der Waals surface area contributed by atoms with Crippen molar-refractivity contribution in [1.82, 2.24) is 39.7 Å². The monoisotopic (exact) mass is 936 g/mol. The van der Waals surface area contributed by atoms with Crippen LogP contribution in [-0.4, -0.2) is 128 Å². The molecule has 16 nitrogen and oxygen atoms in total. The van der Waals surface area contributed by atoms with Crippen LogP contribution in [0.25, 0.3) is 22.5 Å². The van der Waals surface area contributed by atoms with Crippen molar-refractivity contribution in [2.45, 2.75) is 40.5 Å². The third kappa shape index (κ3) is 16.2. The number of piperazine rings is 2. The fraction of sp³-hybridized carbons (Fsp3) is 0.306. The molecule has 68 heavy (non-hydrogen) atoms. The number of aliphatic carboxylic acids is 1. The second-order valence-corrected chi connectivity index (χ2v) is 15.2. The van der Waals surface area contributed by atoms with Crippen LogP contribution in [0, 0.1) is 11.9 Å². The lowest BCUT2D eigenvalue weighted by atomic mass is 10.1. The van der Waals surface area contributed by atoms with E-state index < -0.39 is 25.0 Å². The number of ketones is 1. The van der Waals surface area contributed by atoms with E-state index in [1.54, 1.807) is 68.8 Å². The summed E-state index contributed by atoms with van der Waals surface area (Å²) in [5.41, 5.74) is 12.2. The SMILES string of the molecule is C.CC(=O)N1CCN(c2ccc(CC(=O)Cc3ccc(-c4ccnc(F)c4)nc3)nc2)CC1.CC(=O)N1CCN(c2ccc(N)nc2)CC1.O=C(O)Cc1ccc(-c2ccnc(F)c2)nc1.[2H]CF. The lowest BCUT2D eigenvalue weighted by Gasteiger charge is -2.35. The van der Waals surface area contributed by atoms with E-state index >= 15 is 0 Å². The molecule has 0 bridgehead atoms. The van der Waals surface area contributed by atoms with Gasteiger partial charge in [0, 0.05) is 133 Å². The molecule has 6 aromatic rings. The van der Waals surface area contributed by atoms with Gasteiger partial charge in [0.25, 0.3) is 0 Å². The summed E-state index contributed by atoms with van der Waals surface area (Å²) >= 11 is 0. The Morgan fingerprint density at radius 3 is 1.43 bits per heavy atom. The number of pyridine rings is 6. The van der Waals surface area contributed by atoms with Gasteiger partial charge in [0.15, 0.2) is 0 Å². The quantitative estimate of drug-likeness (QED) is 0.148. The highest BCUT2D eigenvalue weighted by atomic mass is 19.1. The smallest absolute Gasteiger partial charge is 0.307 e. The second kappa shape index (κ2) is 26.3. The molecule has 358 valence electrons. The number of carbonyl (C=O) groups excluding carboxylic acids is 3. The maximum absolute atomic E-state index is 13.3. The number of aromatic nitrogens is 6. The molecule has 8 rings (SSSR count). The van der Waals surface area contributed by atoms with Gasteiger partial charge in [-0.05, 0) is 59.7 Å². The molecule has 19 heteroatoms. The van der Waals surface area contributed by atoms with Gasteiger partial charge in [0.2, 0.25) is 23.7 Å². The van der Waals surface area contributed by atoms with Gasteiger partial charge in [-0.2, -0.15) is 8.78 Å². The number of hydrogen-bond donors (Lipinski definition) is 2. The molecule has 2 amide bonds. The third-order valence-electron chi connectivity index (χ3n) is 10.6. The molecule has 2 saturated heterocycles. The Kier molecular flexibility index (Phi) is 19.8. The van der Waals surface area contributed by atoms with Gasteiger partial charge in [0.05, 0.1) is 50.1 Å². The summed E-state index contributed by atoms with van der Waals surface area (Å²) in [4.78, 5) is 77.6. The van der Waals surface area contributed by atoms with Crippen molar-refractivity contribution in [3.8, 4) is 22.5 Å². The third-order valence-corrected chi connectivity index (χ3v) is 10.6. The standard InChI is InChI=1S/C24H24FN5O2.C12H9FN2O2.C11H16N4O.CH3F.CH4/c1-17(31)29-8-10-30(11-9-29)21-4-3-20(27-16-21)14-22(32)12-18-2-5-23(28-15-18)19-6-7-26-24(25)13-19;13-11-6-9(3-4-14-11)10-2-1-8(7-15-10)5-12(16)17;1-9(16)14-4-6-15(7-5-14)10-2-3-11(12)13-8-10;1-2;/h2-7,13,15-16H,8-12,14H2,1H3;1-4,6-7H,5H2,(H,16,17);2-3,8H,4-7H2,1H3,(H2,12,13);1H3;1H4/i;;;1D;. The molecule has 0 unspecified atom stereocenters. The van der Waals surface area contributed by atoms with E-state index in [1.165, 1.54) is 30.7 Å². The van der Waals surface area contributed by atoms with Crippen molar-refractivity contribution in [2.75, 3.05) is 75.0 Å². The molecule has 2 aliphatic heterocycles. The first kappa shape index (κ1) is 51.2. The molecular weight excluding hydrogens is 880 g/mol. The molecule has 0 spiro atoms.